The van der Waals surface area contributed by atoms with Gasteiger partial charge in [-0.2, -0.15) is 0 Å². The molecule has 1 atom stereocenters. The van der Waals surface area contributed by atoms with Gasteiger partial charge >= 0.3 is 5.97 Å². The molecule has 1 aromatic rings. The standard InChI is InChI=1S/C12H11BrFNO3/c13-9-5-7(1-4-10(9)14)11(12(17)18)15(6-16)8-2-3-8/h1,4-6,8,11H,2-3H2,(H,17,18). The highest BCUT2D eigenvalue weighted by atomic mass is 79.9. The molecule has 0 aliphatic heterocycles. The number of hydrogen-bond acceptors (Lipinski definition) is 2. The van der Waals surface area contributed by atoms with E-state index >= 15 is 0 Å². The van der Waals surface area contributed by atoms with E-state index in [-0.39, 0.29) is 10.5 Å². The summed E-state index contributed by atoms with van der Waals surface area (Å²) in [7, 11) is 0. The Hall–Kier alpha value is -1.43. The van der Waals surface area contributed by atoms with E-state index in [1.807, 2.05) is 0 Å². The largest absolute Gasteiger partial charge is 0.479 e. The van der Waals surface area contributed by atoms with Gasteiger partial charge in [0.2, 0.25) is 6.41 Å². The van der Waals surface area contributed by atoms with Crippen molar-refractivity contribution in [2.24, 2.45) is 0 Å². The van der Waals surface area contributed by atoms with E-state index < -0.39 is 17.8 Å². The van der Waals surface area contributed by atoms with Crippen LogP contribution in [0, 0.1) is 5.82 Å². The molecule has 0 bridgehead atoms. The Morgan fingerprint density at radius 3 is 2.67 bits per heavy atom. The second-order valence-corrected chi connectivity index (χ2v) is 5.05. The summed E-state index contributed by atoms with van der Waals surface area (Å²) >= 11 is 3.01. The first-order valence-corrected chi connectivity index (χ1v) is 6.24. The average Bonchev–Trinajstić information content (AvgIpc) is 3.13. The highest BCUT2D eigenvalue weighted by Crippen LogP contribution is 2.34. The van der Waals surface area contributed by atoms with Gasteiger partial charge < -0.3 is 10.0 Å². The molecule has 18 heavy (non-hydrogen) atoms. The molecule has 1 amide bonds. The second-order valence-electron chi connectivity index (χ2n) is 4.20. The number of aliphatic carboxylic acids is 1. The van der Waals surface area contributed by atoms with Crippen molar-refractivity contribution >= 4 is 28.3 Å². The van der Waals surface area contributed by atoms with Crippen molar-refractivity contribution in [3.05, 3.63) is 34.1 Å². The lowest BCUT2D eigenvalue weighted by Crippen LogP contribution is -2.34. The average molecular weight is 316 g/mol. The number of carboxylic acids is 1. The monoisotopic (exact) mass is 315 g/mol. The normalized spacial score (nSPS) is 16.1. The third-order valence-electron chi connectivity index (χ3n) is 2.88. The Morgan fingerprint density at radius 1 is 1.56 bits per heavy atom. The van der Waals surface area contributed by atoms with Gasteiger partial charge in [0.05, 0.1) is 4.47 Å². The zero-order valence-electron chi connectivity index (χ0n) is 9.35. The van der Waals surface area contributed by atoms with Crippen molar-refractivity contribution in [2.45, 2.75) is 24.9 Å². The maximum atomic E-state index is 13.1. The summed E-state index contributed by atoms with van der Waals surface area (Å²) in [6.07, 6.45) is 2.17. The number of carboxylic acid groups (broad SMARTS) is 1. The number of rotatable bonds is 5. The van der Waals surface area contributed by atoms with Gasteiger partial charge in [0, 0.05) is 6.04 Å². The predicted octanol–water partition coefficient (Wildman–Crippen LogP) is 2.33. The number of hydrogen-bond donors (Lipinski definition) is 1. The molecular formula is C12H11BrFNO3. The topological polar surface area (TPSA) is 57.6 Å². The van der Waals surface area contributed by atoms with Gasteiger partial charge in [0.1, 0.15) is 5.82 Å². The van der Waals surface area contributed by atoms with Crippen LogP contribution < -0.4 is 0 Å². The van der Waals surface area contributed by atoms with Crippen LogP contribution in [-0.4, -0.2) is 28.4 Å². The number of amides is 1. The minimum absolute atomic E-state index is 0.0209. The predicted molar refractivity (Wildman–Crippen MR) is 65.4 cm³/mol. The summed E-state index contributed by atoms with van der Waals surface area (Å²) in [5, 5.41) is 9.26. The van der Waals surface area contributed by atoms with Gasteiger partial charge in [-0.15, -0.1) is 0 Å². The van der Waals surface area contributed by atoms with Crippen LogP contribution in [0.25, 0.3) is 0 Å². The lowest BCUT2D eigenvalue weighted by atomic mass is 10.1. The molecule has 1 aliphatic carbocycles. The molecule has 1 fully saturated rings. The summed E-state index contributed by atoms with van der Waals surface area (Å²) in [6, 6.07) is 2.88. The Bertz CT molecular complexity index is 490. The van der Waals surface area contributed by atoms with Gasteiger partial charge in [-0.1, -0.05) is 6.07 Å². The highest BCUT2D eigenvalue weighted by molar-refractivity contribution is 9.10. The molecule has 1 saturated carbocycles. The van der Waals surface area contributed by atoms with E-state index in [4.69, 9.17) is 0 Å². The first-order chi connectivity index (χ1) is 8.54. The molecule has 1 unspecified atom stereocenters. The van der Waals surface area contributed by atoms with Crippen molar-refractivity contribution < 1.29 is 19.1 Å². The molecule has 0 spiro atoms. The zero-order chi connectivity index (χ0) is 13.3. The van der Waals surface area contributed by atoms with E-state index in [1.165, 1.54) is 23.1 Å². The Labute approximate surface area is 112 Å². The lowest BCUT2D eigenvalue weighted by Gasteiger charge is -2.25. The number of carbonyl (C=O) groups is 2. The molecule has 96 valence electrons. The van der Waals surface area contributed by atoms with E-state index in [9.17, 15) is 19.1 Å². The summed E-state index contributed by atoms with van der Waals surface area (Å²) in [5.74, 6) is -1.58. The fraction of sp³-hybridized carbons (Fsp3) is 0.333. The molecule has 6 heteroatoms. The molecule has 0 radical (unpaired) electrons. The fourth-order valence-electron chi connectivity index (χ4n) is 1.86. The number of halogens is 2. The lowest BCUT2D eigenvalue weighted by molar-refractivity contribution is -0.147. The van der Waals surface area contributed by atoms with Crippen LogP contribution in [-0.2, 0) is 9.59 Å². The molecule has 0 aromatic heterocycles. The Morgan fingerprint density at radius 2 is 2.22 bits per heavy atom. The van der Waals surface area contributed by atoms with Crippen molar-refractivity contribution in [1.29, 1.82) is 0 Å². The number of nitrogens with zero attached hydrogens (tertiary/aromatic N) is 1. The van der Waals surface area contributed by atoms with Gasteiger partial charge in [-0.25, -0.2) is 9.18 Å². The van der Waals surface area contributed by atoms with Crippen LogP contribution in [0.1, 0.15) is 24.4 Å². The summed E-state index contributed by atoms with van der Waals surface area (Å²) in [4.78, 5) is 23.6. The maximum Gasteiger partial charge on any atom is 0.331 e. The van der Waals surface area contributed by atoms with E-state index in [0.29, 0.717) is 12.0 Å². The molecule has 1 N–H and O–H groups in total. The van der Waals surface area contributed by atoms with E-state index in [0.717, 1.165) is 12.8 Å². The smallest absolute Gasteiger partial charge is 0.331 e. The Balaban J connectivity index is 2.36. The van der Waals surface area contributed by atoms with Crippen molar-refractivity contribution in [2.75, 3.05) is 0 Å². The third-order valence-corrected chi connectivity index (χ3v) is 3.49. The van der Waals surface area contributed by atoms with Crippen LogP contribution in [0.3, 0.4) is 0 Å². The Kier molecular flexibility index (Phi) is 3.65. The van der Waals surface area contributed by atoms with E-state index in [1.54, 1.807) is 0 Å². The van der Waals surface area contributed by atoms with Crippen molar-refractivity contribution in [3.8, 4) is 0 Å². The molecule has 0 heterocycles. The van der Waals surface area contributed by atoms with Crippen molar-refractivity contribution in [3.63, 3.8) is 0 Å². The third kappa shape index (κ3) is 2.53. The van der Waals surface area contributed by atoms with Crippen LogP contribution in [0.4, 0.5) is 4.39 Å². The minimum Gasteiger partial charge on any atom is -0.479 e. The summed E-state index contributed by atoms with van der Waals surface area (Å²) in [6.45, 7) is 0. The number of benzene rings is 1. The molecule has 4 nitrogen and oxygen atoms in total. The van der Waals surface area contributed by atoms with Crippen molar-refractivity contribution in [1.82, 2.24) is 4.90 Å². The zero-order valence-corrected chi connectivity index (χ0v) is 10.9. The molecule has 1 aromatic carbocycles. The summed E-state index contributed by atoms with van der Waals surface area (Å²) in [5.41, 5.74) is 0.384. The molecule has 1 aliphatic rings. The van der Waals surface area contributed by atoms with Gasteiger partial charge in [-0.05, 0) is 46.5 Å². The van der Waals surface area contributed by atoms with Gasteiger partial charge in [0.15, 0.2) is 6.04 Å². The minimum atomic E-state index is -1.12. The quantitative estimate of drug-likeness (QED) is 0.848. The van der Waals surface area contributed by atoms with Crippen LogP contribution in [0.15, 0.2) is 22.7 Å². The molecular weight excluding hydrogens is 305 g/mol. The highest BCUT2D eigenvalue weighted by Gasteiger charge is 2.37. The molecule has 0 saturated heterocycles. The van der Waals surface area contributed by atoms with Crippen LogP contribution in [0.5, 0.6) is 0 Å². The summed E-state index contributed by atoms with van der Waals surface area (Å²) < 4.78 is 13.3. The fourth-order valence-corrected chi connectivity index (χ4v) is 2.25. The van der Waals surface area contributed by atoms with Gasteiger partial charge in [-0.3, -0.25) is 4.79 Å². The van der Waals surface area contributed by atoms with Crippen LogP contribution >= 0.6 is 15.9 Å². The SMILES string of the molecule is O=CN(C1CC1)C(C(=O)O)c1ccc(F)c(Br)c1. The first-order valence-electron chi connectivity index (χ1n) is 5.45. The first kappa shape index (κ1) is 13.0. The van der Waals surface area contributed by atoms with Crippen LogP contribution in [0.2, 0.25) is 0 Å². The maximum absolute atomic E-state index is 13.1. The van der Waals surface area contributed by atoms with Gasteiger partial charge in [0.25, 0.3) is 0 Å². The van der Waals surface area contributed by atoms with E-state index in [2.05, 4.69) is 15.9 Å². The second kappa shape index (κ2) is 5.06. The number of carbonyl (C=O) groups excluding carboxylic acids is 1. The molecule has 2 rings (SSSR count).